The first-order chi connectivity index (χ1) is 19.1. The summed E-state index contributed by atoms with van der Waals surface area (Å²) < 4.78 is 8.51. The Kier molecular flexibility index (Phi) is 8.74. The lowest BCUT2D eigenvalue weighted by Crippen LogP contribution is -2.37. The highest BCUT2D eigenvalue weighted by atomic mass is 16.5. The van der Waals surface area contributed by atoms with E-state index in [9.17, 15) is 9.90 Å². The molecule has 4 aromatic rings. The van der Waals surface area contributed by atoms with Gasteiger partial charge in [0.2, 0.25) is 0 Å². The third-order valence-electron chi connectivity index (χ3n) is 8.06. The van der Waals surface area contributed by atoms with Crippen LogP contribution in [-0.2, 0) is 13.0 Å². The lowest BCUT2D eigenvalue weighted by molar-refractivity contribution is 0.0927. The second-order valence-corrected chi connectivity index (χ2v) is 10.6. The maximum absolute atomic E-state index is 12.5. The van der Waals surface area contributed by atoms with Crippen molar-refractivity contribution < 1.29 is 14.6 Å². The maximum atomic E-state index is 12.5. The van der Waals surface area contributed by atoms with E-state index in [0.29, 0.717) is 12.6 Å². The summed E-state index contributed by atoms with van der Waals surface area (Å²) in [5.74, 6) is 1.94. The van der Waals surface area contributed by atoms with E-state index in [1.807, 2.05) is 62.4 Å². The molecule has 6 nitrogen and oxygen atoms in total. The number of rotatable bonds is 11. The van der Waals surface area contributed by atoms with Crippen LogP contribution in [0.1, 0.15) is 66.5 Å². The smallest absolute Gasteiger partial charge is 0.165 e. The van der Waals surface area contributed by atoms with Crippen molar-refractivity contribution in [3.8, 4) is 5.75 Å². The molecule has 6 heteroatoms. The lowest BCUT2D eigenvalue weighted by Gasteiger charge is -2.33. The van der Waals surface area contributed by atoms with E-state index in [1.165, 1.54) is 5.56 Å². The second-order valence-electron chi connectivity index (χ2n) is 10.6. The first-order valence-electron chi connectivity index (χ1n) is 14.2. The van der Waals surface area contributed by atoms with Crippen molar-refractivity contribution in [3.05, 3.63) is 95.3 Å². The van der Waals surface area contributed by atoms with E-state index in [4.69, 9.17) is 4.74 Å². The van der Waals surface area contributed by atoms with Gasteiger partial charge in [-0.25, -0.2) is 4.98 Å². The van der Waals surface area contributed by atoms with Crippen molar-refractivity contribution in [1.29, 1.82) is 0 Å². The van der Waals surface area contributed by atoms with Crippen LogP contribution < -0.4 is 4.74 Å². The molecule has 1 fully saturated rings. The van der Waals surface area contributed by atoms with Gasteiger partial charge in [0.15, 0.2) is 5.78 Å². The van der Waals surface area contributed by atoms with E-state index in [1.54, 1.807) is 0 Å². The number of piperidine rings is 1. The van der Waals surface area contributed by atoms with Crippen LogP contribution >= 0.6 is 0 Å². The third-order valence-corrected chi connectivity index (χ3v) is 8.06. The van der Waals surface area contributed by atoms with Crippen LogP contribution in [0.25, 0.3) is 11.0 Å². The molecule has 5 rings (SSSR count). The second kappa shape index (κ2) is 12.6. The third kappa shape index (κ3) is 6.23. The van der Waals surface area contributed by atoms with E-state index in [0.717, 1.165) is 79.1 Å². The van der Waals surface area contributed by atoms with Crippen molar-refractivity contribution in [1.82, 2.24) is 14.5 Å². The summed E-state index contributed by atoms with van der Waals surface area (Å²) in [7, 11) is 0. The number of aromatic nitrogens is 2. The maximum Gasteiger partial charge on any atom is 0.165 e. The normalized spacial score (nSPS) is 15.5. The Morgan fingerprint density at radius 2 is 1.74 bits per heavy atom. The van der Waals surface area contributed by atoms with Crippen molar-refractivity contribution in [2.75, 3.05) is 26.2 Å². The van der Waals surface area contributed by atoms with E-state index < -0.39 is 0 Å². The van der Waals surface area contributed by atoms with Crippen molar-refractivity contribution in [2.45, 2.75) is 52.2 Å². The van der Waals surface area contributed by atoms with Crippen LogP contribution in [0.4, 0.5) is 0 Å². The van der Waals surface area contributed by atoms with Crippen LogP contribution in [0, 0.1) is 5.92 Å². The monoisotopic (exact) mass is 525 g/mol. The van der Waals surface area contributed by atoms with E-state index in [-0.39, 0.29) is 18.3 Å². The molecule has 1 aliphatic rings. The number of carbonyl (C=O) groups excluding carboxylic acids is 1. The number of carbonyl (C=O) groups is 1. The van der Waals surface area contributed by atoms with Gasteiger partial charge in [0.25, 0.3) is 0 Å². The number of aliphatic hydroxyl groups is 1. The number of para-hydroxylation sites is 3. The Balaban J connectivity index is 1.14. The molecular formula is C33H39N3O3. The summed E-state index contributed by atoms with van der Waals surface area (Å²) in [6, 6.07) is 24.7. The number of hydrogen-bond acceptors (Lipinski definition) is 5. The Morgan fingerprint density at radius 3 is 2.49 bits per heavy atom. The number of ketones is 1. The molecule has 0 saturated carbocycles. The number of imidazole rings is 1. The van der Waals surface area contributed by atoms with Crippen LogP contribution in [0.2, 0.25) is 0 Å². The van der Waals surface area contributed by atoms with E-state index in [2.05, 4.69) is 38.7 Å². The average molecular weight is 526 g/mol. The molecule has 1 aliphatic heterocycles. The standard InChI is InChI=1S/C33H39N3O3/c1-3-24(2)33(38)26-14-12-25(13-15-26)22-27-8-4-7-11-31(27)39-21-20-35-18-16-28(17-19-35)36-30-10-6-5-9-29(30)34-32(36)23-37/h4-15,24,28,37H,3,16-23H2,1-2H3. The minimum atomic E-state index is -0.0392. The molecule has 1 aromatic heterocycles. The molecule has 1 N–H and O–H groups in total. The fraction of sp³-hybridized carbons (Fsp3) is 0.394. The zero-order valence-corrected chi connectivity index (χ0v) is 23.1. The number of ether oxygens (including phenoxy) is 1. The van der Waals surface area contributed by atoms with Crippen LogP contribution in [0.3, 0.4) is 0 Å². The highest BCUT2D eigenvalue weighted by Gasteiger charge is 2.24. The molecule has 1 saturated heterocycles. The largest absolute Gasteiger partial charge is 0.492 e. The highest BCUT2D eigenvalue weighted by molar-refractivity contribution is 5.97. The molecule has 2 heterocycles. The molecule has 1 atom stereocenters. The number of hydrogen-bond donors (Lipinski definition) is 1. The summed E-state index contributed by atoms with van der Waals surface area (Å²) in [6.07, 6.45) is 3.68. The SMILES string of the molecule is CCC(C)C(=O)c1ccc(Cc2ccccc2OCCN2CCC(n3c(CO)nc4ccccc43)CC2)cc1. The van der Waals surface area contributed by atoms with Gasteiger partial charge in [-0.3, -0.25) is 9.69 Å². The van der Waals surface area contributed by atoms with Gasteiger partial charge in [0.1, 0.15) is 24.8 Å². The molecule has 0 spiro atoms. The predicted molar refractivity (Wildman–Crippen MR) is 155 cm³/mol. The average Bonchev–Trinajstić information content (AvgIpc) is 3.37. The topological polar surface area (TPSA) is 67.6 Å². The number of Topliss-reactive ketones (excluding diaryl/α,β-unsaturated/α-hetero) is 1. The fourth-order valence-corrected chi connectivity index (χ4v) is 5.57. The van der Waals surface area contributed by atoms with Gasteiger partial charge in [-0.15, -0.1) is 0 Å². The number of benzene rings is 3. The number of nitrogens with zero attached hydrogens (tertiary/aromatic N) is 3. The molecule has 204 valence electrons. The molecule has 3 aromatic carbocycles. The van der Waals surface area contributed by atoms with Gasteiger partial charge in [0, 0.05) is 43.6 Å². The van der Waals surface area contributed by atoms with E-state index >= 15 is 0 Å². The molecule has 0 amide bonds. The van der Waals surface area contributed by atoms with Gasteiger partial charge in [-0.1, -0.05) is 68.4 Å². The fourth-order valence-electron chi connectivity index (χ4n) is 5.57. The van der Waals surface area contributed by atoms with Crippen molar-refractivity contribution in [3.63, 3.8) is 0 Å². The highest BCUT2D eigenvalue weighted by Crippen LogP contribution is 2.29. The summed E-state index contributed by atoms with van der Waals surface area (Å²) in [6.45, 7) is 7.50. The number of aliphatic hydroxyl groups excluding tert-OH is 1. The summed E-state index contributed by atoms with van der Waals surface area (Å²) in [5.41, 5.74) is 5.17. The Morgan fingerprint density at radius 1 is 1.03 bits per heavy atom. The van der Waals surface area contributed by atoms with Gasteiger partial charge in [-0.05, 0) is 48.6 Å². The Bertz CT molecular complexity index is 1390. The predicted octanol–water partition coefficient (Wildman–Crippen LogP) is 6.06. The van der Waals surface area contributed by atoms with Crippen LogP contribution in [0.5, 0.6) is 5.75 Å². The Labute approximate surface area is 231 Å². The van der Waals surface area contributed by atoms with Gasteiger partial charge in [-0.2, -0.15) is 0 Å². The van der Waals surface area contributed by atoms with Gasteiger partial charge >= 0.3 is 0 Å². The first kappa shape index (κ1) is 27.1. The number of fused-ring (bicyclic) bond motifs is 1. The summed E-state index contributed by atoms with van der Waals surface area (Å²) in [4.78, 5) is 19.6. The lowest BCUT2D eigenvalue weighted by atomic mass is 9.95. The zero-order chi connectivity index (χ0) is 27.2. The van der Waals surface area contributed by atoms with Crippen LogP contribution in [-0.4, -0.2) is 51.6 Å². The minimum Gasteiger partial charge on any atom is -0.492 e. The quantitative estimate of drug-likeness (QED) is 0.241. The summed E-state index contributed by atoms with van der Waals surface area (Å²) in [5, 5.41) is 9.88. The van der Waals surface area contributed by atoms with Gasteiger partial charge < -0.3 is 14.4 Å². The molecule has 0 bridgehead atoms. The van der Waals surface area contributed by atoms with Crippen molar-refractivity contribution >= 4 is 16.8 Å². The summed E-state index contributed by atoms with van der Waals surface area (Å²) >= 11 is 0. The Hall–Kier alpha value is -3.48. The van der Waals surface area contributed by atoms with Crippen molar-refractivity contribution in [2.24, 2.45) is 5.92 Å². The first-order valence-corrected chi connectivity index (χ1v) is 14.2. The van der Waals surface area contributed by atoms with Crippen LogP contribution in [0.15, 0.2) is 72.8 Å². The molecule has 39 heavy (non-hydrogen) atoms. The molecule has 0 radical (unpaired) electrons. The zero-order valence-electron chi connectivity index (χ0n) is 23.1. The molecule has 1 unspecified atom stereocenters. The molecule has 0 aliphatic carbocycles. The number of likely N-dealkylation sites (tertiary alicyclic amines) is 1. The van der Waals surface area contributed by atoms with Gasteiger partial charge in [0.05, 0.1) is 11.0 Å². The molecular weight excluding hydrogens is 486 g/mol. The minimum absolute atomic E-state index is 0.0392.